The second-order valence-electron chi connectivity index (χ2n) is 3.42. The van der Waals surface area contributed by atoms with Crippen LogP contribution in [0, 0.1) is 6.92 Å². The van der Waals surface area contributed by atoms with E-state index in [9.17, 15) is 4.79 Å². The lowest BCUT2D eigenvalue weighted by molar-refractivity contribution is 0.112. The zero-order valence-corrected chi connectivity index (χ0v) is 11.8. The first-order chi connectivity index (χ1) is 8.15. The molecule has 1 aromatic heterocycles. The molecule has 0 spiro atoms. The van der Waals surface area contributed by atoms with Gasteiger partial charge in [0.1, 0.15) is 5.75 Å². The normalized spacial score (nSPS) is 10.3. The lowest BCUT2D eigenvalue weighted by Gasteiger charge is -2.07. The molecule has 0 fully saturated rings. The number of hydrogen-bond acceptors (Lipinski definition) is 4. The van der Waals surface area contributed by atoms with Gasteiger partial charge in [-0.3, -0.25) is 4.79 Å². The Balaban J connectivity index is 2.61. The molecule has 0 aliphatic carbocycles. The second kappa shape index (κ2) is 4.98. The first-order valence-corrected chi connectivity index (χ1v) is 6.53. The molecule has 0 N–H and O–H groups in total. The molecule has 2 aromatic rings. The Kier molecular flexibility index (Phi) is 3.59. The number of carbonyl (C=O) groups excluding carboxylic acids is 1. The quantitative estimate of drug-likeness (QED) is 0.811. The summed E-state index contributed by atoms with van der Waals surface area (Å²) >= 11 is 4.81. The Hall–Kier alpha value is -1.20. The number of thiazole rings is 1. The van der Waals surface area contributed by atoms with Crippen LogP contribution < -0.4 is 4.74 Å². The van der Waals surface area contributed by atoms with Gasteiger partial charge in [0.25, 0.3) is 0 Å². The number of carbonyl (C=O) groups is 1. The highest BCUT2D eigenvalue weighted by Crippen LogP contribution is 2.35. The number of hydrogen-bond donors (Lipinski definition) is 0. The molecule has 0 radical (unpaired) electrons. The average Bonchev–Trinajstić information content (AvgIpc) is 2.70. The van der Waals surface area contributed by atoms with E-state index in [-0.39, 0.29) is 0 Å². The predicted octanol–water partition coefficient (Wildman–Crippen LogP) is 3.70. The van der Waals surface area contributed by atoms with E-state index in [1.807, 2.05) is 25.1 Å². The Bertz CT molecular complexity index is 566. The molecule has 0 amide bonds. The molecule has 0 saturated heterocycles. The van der Waals surface area contributed by atoms with Gasteiger partial charge in [0.15, 0.2) is 11.3 Å². The predicted molar refractivity (Wildman–Crippen MR) is 71.9 cm³/mol. The van der Waals surface area contributed by atoms with E-state index in [2.05, 4.69) is 20.9 Å². The number of aldehydes is 1. The summed E-state index contributed by atoms with van der Waals surface area (Å²) in [5.41, 5.74) is 1.69. The van der Waals surface area contributed by atoms with Crippen molar-refractivity contribution >= 4 is 33.6 Å². The molecule has 0 unspecified atom stereocenters. The summed E-state index contributed by atoms with van der Waals surface area (Å²) in [7, 11) is 1.62. The minimum Gasteiger partial charge on any atom is -0.496 e. The molecule has 0 aliphatic rings. The molecule has 1 heterocycles. The van der Waals surface area contributed by atoms with Crippen LogP contribution in [0.15, 0.2) is 22.7 Å². The van der Waals surface area contributed by atoms with Gasteiger partial charge in [-0.25, -0.2) is 4.98 Å². The Labute approximate surface area is 112 Å². The van der Waals surface area contributed by atoms with E-state index in [1.165, 1.54) is 11.3 Å². The smallest absolute Gasteiger partial charge is 0.178 e. The highest BCUT2D eigenvalue weighted by Gasteiger charge is 2.14. The number of methoxy groups -OCH3 is 1. The van der Waals surface area contributed by atoms with E-state index in [4.69, 9.17) is 4.74 Å². The maximum absolute atomic E-state index is 10.7. The summed E-state index contributed by atoms with van der Waals surface area (Å²) in [4.78, 5) is 16.0. The molecular weight excluding hydrogens is 302 g/mol. The van der Waals surface area contributed by atoms with Crippen LogP contribution in [0.2, 0.25) is 0 Å². The fourth-order valence-electron chi connectivity index (χ4n) is 1.58. The van der Waals surface area contributed by atoms with Gasteiger partial charge in [-0.15, -0.1) is 11.3 Å². The van der Waals surface area contributed by atoms with Crippen LogP contribution in [0.4, 0.5) is 0 Å². The SMILES string of the molecule is COc1ccc(Br)cc1-c1nc(C=O)sc1C. The fraction of sp³-hybridized carbons (Fsp3) is 0.167. The number of nitrogens with zero attached hydrogens (tertiary/aromatic N) is 1. The van der Waals surface area contributed by atoms with Gasteiger partial charge in [-0.2, -0.15) is 0 Å². The number of rotatable bonds is 3. The van der Waals surface area contributed by atoms with Crippen molar-refractivity contribution in [2.75, 3.05) is 7.11 Å². The van der Waals surface area contributed by atoms with E-state index in [0.717, 1.165) is 32.6 Å². The summed E-state index contributed by atoms with van der Waals surface area (Å²) in [5.74, 6) is 0.749. The monoisotopic (exact) mass is 311 g/mol. The van der Waals surface area contributed by atoms with Crippen molar-refractivity contribution in [2.24, 2.45) is 0 Å². The van der Waals surface area contributed by atoms with Gasteiger partial charge >= 0.3 is 0 Å². The third-order valence-corrected chi connectivity index (χ3v) is 3.72. The standard InChI is InChI=1S/C12H10BrNO2S/c1-7-12(14-11(6-15)17-7)9-5-8(13)3-4-10(9)16-2/h3-6H,1-2H3. The molecule has 2 rings (SSSR count). The van der Waals surface area contributed by atoms with Crippen LogP contribution in [-0.2, 0) is 0 Å². The summed E-state index contributed by atoms with van der Waals surface area (Å²) in [5, 5.41) is 0.486. The molecule has 0 bridgehead atoms. The second-order valence-corrected chi connectivity index (χ2v) is 5.57. The molecule has 3 nitrogen and oxygen atoms in total. The van der Waals surface area contributed by atoms with Crippen LogP contribution in [0.5, 0.6) is 5.75 Å². The van der Waals surface area contributed by atoms with Crippen LogP contribution in [0.25, 0.3) is 11.3 Å². The maximum Gasteiger partial charge on any atom is 0.178 e. The van der Waals surface area contributed by atoms with Crippen molar-refractivity contribution in [2.45, 2.75) is 6.92 Å². The van der Waals surface area contributed by atoms with Crippen molar-refractivity contribution < 1.29 is 9.53 Å². The van der Waals surface area contributed by atoms with Crippen molar-refractivity contribution in [1.82, 2.24) is 4.98 Å². The van der Waals surface area contributed by atoms with Crippen molar-refractivity contribution in [3.05, 3.63) is 32.6 Å². The summed E-state index contributed by atoms with van der Waals surface area (Å²) in [6.45, 7) is 1.94. The third-order valence-electron chi connectivity index (χ3n) is 2.33. The Morgan fingerprint density at radius 3 is 2.82 bits per heavy atom. The lowest BCUT2D eigenvalue weighted by atomic mass is 10.1. The number of benzene rings is 1. The highest BCUT2D eigenvalue weighted by atomic mass is 79.9. The van der Waals surface area contributed by atoms with Crippen molar-refractivity contribution in [3.8, 4) is 17.0 Å². The van der Waals surface area contributed by atoms with Crippen LogP contribution in [0.3, 0.4) is 0 Å². The molecule has 1 aromatic carbocycles. The highest BCUT2D eigenvalue weighted by molar-refractivity contribution is 9.10. The van der Waals surface area contributed by atoms with Gasteiger partial charge in [0.2, 0.25) is 0 Å². The van der Waals surface area contributed by atoms with E-state index in [1.54, 1.807) is 7.11 Å². The molecule has 88 valence electrons. The zero-order valence-electron chi connectivity index (χ0n) is 9.36. The molecule has 5 heteroatoms. The minimum absolute atomic E-state index is 0.486. The summed E-state index contributed by atoms with van der Waals surface area (Å²) < 4.78 is 6.26. The summed E-state index contributed by atoms with van der Waals surface area (Å²) in [6.07, 6.45) is 0.769. The molecule has 0 saturated carbocycles. The lowest BCUT2D eigenvalue weighted by Crippen LogP contribution is -1.89. The van der Waals surface area contributed by atoms with Crippen molar-refractivity contribution in [3.63, 3.8) is 0 Å². The average molecular weight is 312 g/mol. The molecular formula is C12H10BrNO2S. The van der Waals surface area contributed by atoms with Crippen LogP contribution in [-0.4, -0.2) is 18.4 Å². The molecule has 0 atom stereocenters. The van der Waals surface area contributed by atoms with E-state index in [0.29, 0.717) is 5.01 Å². The number of aromatic nitrogens is 1. The maximum atomic E-state index is 10.7. The largest absolute Gasteiger partial charge is 0.496 e. The van der Waals surface area contributed by atoms with E-state index >= 15 is 0 Å². The third kappa shape index (κ3) is 2.40. The van der Waals surface area contributed by atoms with Crippen LogP contribution in [0.1, 0.15) is 14.7 Å². The Morgan fingerprint density at radius 1 is 1.47 bits per heavy atom. The molecule has 0 aliphatic heterocycles. The first-order valence-electron chi connectivity index (χ1n) is 4.92. The number of ether oxygens (including phenoxy) is 1. The number of halogens is 1. The molecule has 17 heavy (non-hydrogen) atoms. The Morgan fingerprint density at radius 2 is 2.24 bits per heavy atom. The minimum atomic E-state index is 0.486. The van der Waals surface area contributed by atoms with Crippen LogP contribution >= 0.6 is 27.3 Å². The zero-order chi connectivity index (χ0) is 12.4. The fourth-order valence-corrected chi connectivity index (χ4v) is 2.69. The van der Waals surface area contributed by atoms with Gasteiger partial charge in [-0.1, -0.05) is 15.9 Å². The number of aryl methyl sites for hydroxylation is 1. The van der Waals surface area contributed by atoms with Gasteiger partial charge in [0, 0.05) is 14.9 Å². The van der Waals surface area contributed by atoms with Gasteiger partial charge in [0.05, 0.1) is 12.8 Å². The van der Waals surface area contributed by atoms with Gasteiger partial charge < -0.3 is 4.74 Å². The summed E-state index contributed by atoms with van der Waals surface area (Å²) in [6, 6.07) is 5.72. The van der Waals surface area contributed by atoms with E-state index < -0.39 is 0 Å². The first kappa shape index (κ1) is 12.3. The van der Waals surface area contributed by atoms with Crippen molar-refractivity contribution in [1.29, 1.82) is 0 Å². The topological polar surface area (TPSA) is 39.2 Å². The van der Waals surface area contributed by atoms with Gasteiger partial charge in [-0.05, 0) is 25.1 Å².